The van der Waals surface area contributed by atoms with Crippen molar-refractivity contribution in [2.24, 2.45) is 0 Å². The van der Waals surface area contributed by atoms with Crippen molar-refractivity contribution in [1.82, 2.24) is 9.62 Å². The highest BCUT2D eigenvalue weighted by molar-refractivity contribution is 7.89. The summed E-state index contributed by atoms with van der Waals surface area (Å²) in [5.41, 5.74) is 1.92. The molecule has 8 heteroatoms. The molecule has 1 fully saturated rings. The average molecular weight is 416 g/mol. The number of hydrogen-bond acceptors (Lipinski definition) is 4. The monoisotopic (exact) mass is 415 g/mol. The van der Waals surface area contributed by atoms with Gasteiger partial charge in [0.05, 0.1) is 11.4 Å². The van der Waals surface area contributed by atoms with Crippen molar-refractivity contribution in [2.45, 2.75) is 31.1 Å². The van der Waals surface area contributed by atoms with Crippen LogP contribution in [0.3, 0.4) is 0 Å². The SMILES string of the molecule is CCc1ccccc1NC(=O)CNC(=O)c1cccc(S(=O)(=O)N2CCCC2)c1. The molecule has 0 spiro atoms. The van der Waals surface area contributed by atoms with E-state index < -0.39 is 15.9 Å². The number of carbonyl (C=O) groups excluding carboxylic acids is 2. The lowest BCUT2D eigenvalue weighted by Gasteiger charge is -2.16. The summed E-state index contributed by atoms with van der Waals surface area (Å²) in [6, 6.07) is 13.4. The van der Waals surface area contributed by atoms with Crippen molar-refractivity contribution in [1.29, 1.82) is 0 Å². The Morgan fingerprint density at radius 1 is 1.03 bits per heavy atom. The summed E-state index contributed by atoms with van der Waals surface area (Å²) in [6.07, 6.45) is 2.46. The van der Waals surface area contributed by atoms with Crippen molar-refractivity contribution in [2.75, 3.05) is 25.0 Å². The van der Waals surface area contributed by atoms with Gasteiger partial charge in [-0.05, 0) is 49.1 Å². The molecule has 1 aliphatic rings. The molecule has 2 amide bonds. The molecule has 2 N–H and O–H groups in total. The van der Waals surface area contributed by atoms with E-state index in [1.54, 1.807) is 0 Å². The molecule has 0 saturated carbocycles. The van der Waals surface area contributed by atoms with Gasteiger partial charge < -0.3 is 10.6 Å². The third kappa shape index (κ3) is 5.02. The van der Waals surface area contributed by atoms with E-state index in [9.17, 15) is 18.0 Å². The van der Waals surface area contributed by atoms with Crippen LogP contribution in [0.1, 0.15) is 35.7 Å². The van der Waals surface area contributed by atoms with Gasteiger partial charge in [-0.15, -0.1) is 0 Å². The highest BCUT2D eigenvalue weighted by atomic mass is 32.2. The molecule has 1 saturated heterocycles. The molecule has 0 aliphatic carbocycles. The highest BCUT2D eigenvalue weighted by Gasteiger charge is 2.27. The van der Waals surface area contributed by atoms with Gasteiger partial charge in [0.25, 0.3) is 5.91 Å². The number of benzene rings is 2. The number of nitrogens with zero attached hydrogens (tertiary/aromatic N) is 1. The van der Waals surface area contributed by atoms with E-state index in [0.717, 1.165) is 24.8 Å². The van der Waals surface area contributed by atoms with E-state index >= 15 is 0 Å². The van der Waals surface area contributed by atoms with Gasteiger partial charge in [0.1, 0.15) is 0 Å². The van der Waals surface area contributed by atoms with Crippen LogP contribution in [0.15, 0.2) is 53.4 Å². The molecule has 0 bridgehead atoms. The van der Waals surface area contributed by atoms with Crippen molar-refractivity contribution < 1.29 is 18.0 Å². The van der Waals surface area contributed by atoms with Gasteiger partial charge in [-0.3, -0.25) is 9.59 Å². The molecule has 0 atom stereocenters. The number of para-hydroxylation sites is 1. The summed E-state index contributed by atoms with van der Waals surface area (Å²) < 4.78 is 26.8. The zero-order valence-electron chi connectivity index (χ0n) is 16.3. The largest absolute Gasteiger partial charge is 0.343 e. The number of sulfonamides is 1. The Bertz CT molecular complexity index is 998. The first kappa shape index (κ1) is 21.0. The lowest BCUT2D eigenvalue weighted by atomic mass is 10.1. The van der Waals surface area contributed by atoms with Crippen LogP contribution in [-0.2, 0) is 21.2 Å². The van der Waals surface area contributed by atoms with E-state index in [0.29, 0.717) is 18.8 Å². The average Bonchev–Trinajstić information content (AvgIpc) is 3.28. The van der Waals surface area contributed by atoms with Crippen LogP contribution in [0.25, 0.3) is 0 Å². The minimum Gasteiger partial charge on any atom is -0.343 e. The molecule has 1 heterocycles. The quantitative estimate of drug-likeness (QED) is 0.726. The number of hydrogen-bond donors (Lipinski definition) is 2. The predicted octanol–water partition coefficient (Wildman–Crippen LogP) is 2.40. The summed E-state index contributed by atoms with van der Waals surface area (Å²) in [5, 5.41) is 5.33. The Morgan fingerprint density at radius 2 is 1.76 bits per heavy atom. The number of aryl methyl sites for hydroxylation is 1. The van der Waals surface area contributed by atoms with Gasteiger partial charge in [-0.25, -0.2) is 8.42 Å². The Labute approximate surface area is 171 Å². The molecule has 2 aromatic carbocycles. The number of carbonyl (C=O) groups is 2. The molecule has 3 rings (SSSR count). The second-order valence-corrected chi connectivity index (χ2v) is 8.82. The maximum Gasteiger partial charge on any atom is 0.251 e. The maximum atomic E-state index is 12.7. The number of anilines is 1. The van der Waals surface area contributed by atoms with Crippen LogP contribution in [0.5, 0.6) is 0 Å². The second-order valence-electron chi connectivity index (χ2n) is 6.88. The summed E-state index contributed by atoms with van der Waals surface area (Å²) in [6.45, 7) is 2.78. The summed E-state index contributed by atoms with van der Waals surface area (Å²) >= 11 is 0. The molecule has 7 nitrogen and oxygen atoms in total. The number of rotatable bonds is 7. The van der Waals surface area contributed by atoms with Crippen LogP contribution in [0.4, 0.5) is 5.69 Å². The molecular formula is C21H25N3O4S. The van der Waals surface area contributed by atoms with Gasteiger partial charge >= 0.3 is 0 Å². The molecule has 154 valence electrons. The van der Waals surface area contributed by atoms with E-state index in [4.69, 9.17) is 0 Å². The van der Waals surface area contributed by atoms with Crippen molar-refractivity contribution in [3.05, 3.63) is 59.7 Å². The number of amides is 2. The molecule has 1 aliphatic heterocycles. The lowest BCUT2D eigenvalue weighted by Crippen LogP contribution is -2.33. The minimum absolute atomic E-state index is 0.0911. The molecule has 2 aromatic rings. The first-order chi connectivity index (χ1) is 13.9. The first-order valence-corrected chi connectivity index (χ1v) is 11.1. The number of nitrogens with one attached hydrogen (secondary N) is 2. The maximum absolute atomic E-state index is 12.7. The standard InChI is InChI=1S/C21H25N3O4S/c1-2-16-8-3-4-11-19(16)23-20(25)15-22-21(26)17-9-7-10-18(14-17)29(27,28)24-12-5-6-13-24/h3-4,7-11,14H,2,5-6,12-13,15H2,1H3,(H,22,26)(H,23,25). The normalized spacial score (nSPS) is 14.5. The van der Waals surface area contributed by atoms with Crippen molar-refractivity contribution in [3.8, 4) is 0 Å². The highest BCUT2D eigenvalue weighted by Crippen LogP contribution is 2.21. The summed E-state index contributed by atoms with van der Waals surface area (Å²) in [5.74, 6) is -0.845. The van der Waals surface area contributed by atoms with Gasteiger partial charge in [-0.1, -0.05) is 31.2 Å². The van der Waals surface area contributed by atoms with Gasteiger partial charge in [-0.2, -0.15) is 4.31 Å². The van der Waals surface area contributed by atoms with E-state index in [1.807, 2.05) is 31.2 Å². The Balaban J connectivity index is 1.63. The van der Waals surface area contributed by atoms with E-state index in [-0.39, 0.29) is 22.9 Å². The summed E-state index contributed by atoms with van der Waals surface area (Å²) in [4.78, 5) is 24.7. The third-order valence-corrected chi connectivity index (χ3v) is 6.78. The van der Waals surface area contributed by atoms with Crippen molar-refractivity contribution >= 4 is 27.5 Å². The van der Waals surface area contributed by atoms with E-state index in [1.165, 1.54) is 28.6 Å². The predicted molar refractivity (Wildman–Crippen MR) is 111 cm³/mol. The zero-order chi connectivity index (χ0) is 20.9. The Hall–Kier alpha value is -2.71. The van der Waals surface area contributed by atoms with Crippen LogP contribution in [0.2, 0.25) is 0 Å². The molecular weight excluding hydrogens is 390 g/mol. The van der Waals surface area contributed by atoms with Gasteiger partial charge in [0.2, 0.25) is 15.9 Å². The van der Waals surface area contributed by atoms with Gasteiger partial charge in [0.15, 0.2) is 0 Å². The van der Waals surface area contributed by atoms with Crippen LogP contribution in [0, 0.1) is 0 Å². The molecule has 0 unspecified atom stereocenters. The fraction of sp³-hybridized carbons (Fsp3) is 0.333. The Kier molecular flexibility index (Phi) is 6.66. The minimum atomic E-state index is -3.60. The molecule has 0 aromatic heterocycles. The van der Waals surface area contributed by atoms with Crippen molar-refractivity contribution in [3.63, 3.8) is 0 Å². The van der Waals surface area contributed by atoms with Crippen LogP contribution >= 0.6 is 0 Å². The zero-order valence-corrected chi connectivity index (χ0v) is 17.2. The first-order valence-electron chi connectivity index (χ1n) is 9.68. The fourth-order valence-electron chi connectivity index (χ4n) is 3.28. The second kappa shape index (κ2) is 9.19. The molecule has 0 radical (unpaired) electrons. The lowest BCUT2D eigenvalue weighted by molar-refractivity contribution is -0.115. The Morgan fingerprint density at radius 3 is 2.48 bits per heavy atom. The smallest absolute Gasteiger partial charge is 0.251 e. The molecule has 29 heavy (non-hydrogen) atoms. The third-order valence-electron chi connectivity index (χ3n) is 4.88. The van der Waals surface area contributed by atoms with Crippen LogP contribution in [-0.4, -0.2) is 44.2 Å². The van der Waals surface area contributed by atoms with Gasteiger partial charge in [0, 0.05) is 24.3 Å². The topological polar surface area (TPSA) is 95.6 Å². The summed E-state index contributed by atoms with van der Waals surface area (Å²) in [7, 11) is -3.60. The fourth-order valence-corrected chi connectivity index (χ4v) is 4.85. The van der Waals surface area contributed by atoms with E-state index in [2.05, 4.69) is 10.6 Å². The van der Waals surface area contributed by atoms with Crippen LogP contribution < -0.4 is 10.6 Å².